The number of halogens is 3. The van der Waals surface area contributed by atoms with Crippen LogP contribution in [-0.2, 0) is 6.42 Å². The van der Waals surface area contributed by atoms with Crippen LogP contribution in [-0.4, -0.2) is 0 Å². The summed E-state index contributed by atoms with van der Waals surface area (Å²) in [4.78, 5) is 0. The van der Waals surface area contributed by atoms with Gasteiger partial charge >= 0.3 is 0 Å². The van der Waals surface area contributed by atoms with Gasteiger partial charge in [-0.3, -0.25) is 0 Å². The molecule has 2 aromatic rings. The summed E-state index contributed by atoms with van der Waals surface area (Å²) in [6, 6.07) is 8.62. The number of anilines is 1. The molecule has 0 bridgehead atoms. The zero-order chi connectivity index (χ0) is 14.0. The lowest BCUT2D eigenvalue weighted by Gasteiger charge is -2.11. The summed E-state index contributed by atoms with van der Waals surface area (Å²) >= 11 is 17.9. The van der Waals surface area contributed by atoms with Crippen molar-refractivity contribution in [3.05, 3.63) is 51.0 Å². The molecule has 0 radical (unpaired) electrons. The molecule has 2 N–H and O–H groups in total. The van der Waals surface area contributed by atoms with E-state index in [0.29, 0.717) is 27.2 Å². The first-order valence-electron chi connectivity index (χ1n) is 5.72. The molecule has 5 heteroatoms. The number of hydrogen-bond acceptors (Lipinski definition) is 2. The molecule has 0 aliphatic heterocycles. The quantitative estimate of drug-likeness (QED) is 0.750. The third kappa shape index (κ3) is 3.27. The van der Waals surface area contributed by atoms with Crippen LogP contribution in [0.2, 0.25) is 15.1 Å². The SMILES string of the molecule is CCc1cc(Oc2cc(Cl)c(Cl)cc2N)ccc1Cl. The Kier molecular flexibility index (Phi) is 4.46. The summed E-state index contributed by atoms with van der Waals surface area (Å²) in [5.74, 6) is 1.13. The smallest absolute Gasteiger partial charge is 0.151 e. The van der Waals surface area contributed by atoms with Gasteiger partial charge in [-0.2, -0.15) is 0 Å². The predicted octanol–water partition coefficient (Wildman–Crippen LogP) is 5.58. The van der Waals surface area contributed by atoms with E-state index in [2.05, 4.69) is 0 Å². The Labute approximate surface area is 127 Å². The van der Waals surface area contributed by atoms with E-state index in [1.54, 1.807) is 24.3 Å². The second-order valence-corrected chi connectivity index (χ2v) is 5.23. The van der Waals surface area contributed by atoms with E-state index >= 15 is 0 Å². The average Bonchev–Trinajstić information content (AvgIpc) is 2.38. The van der Waals surface area contributed by atoms with Crippen LogP contribution < -0.4 is 10.5 Å². The molecule has 2 aromatic carbocycles. The maximum Gasteiger partial charge on any atom is 0.151 e. The molecule has 100 valence electrons. The Morgan fingerprint density at radius 3 is 2.37 bits per heavy atom. The highest BCUT2D eigenvalue weighted by molar-refractivity contribution is 6.42. The molecular weight excluding hydrogens is 305 g/mol. The Morgan fingerprint density at radius 2 is 1.68 bits per heavy atom. The van der Waals surface area contributed by atoms with Crippen LogP contribution in [0.5, 0.6) is 11.5 Å². The molecule has 0 amide bonds. The number of aryl methyl sites for hydroxylation is 1. The van der Waals surface area contributed by atoms with E-state index in [1.165, 1.54) is 0 Å². The average molecular weight is 317 g/mol. The van der Waals surface area contributed by atoms with E-state index in [0.717, 1.165) is 17.0 Å². The molecule has 0 spiro atoms. The Balaban J connectivity index is 2.33. The first-order chi connectivity index (χ1) is 9.01. The van der Waals surface area contributed by atoms with Crippen LogP contribution in [0.1, 0.15) is 12.5 Å². The lowest BCUT2D eigenvalue weighted by Crippen LogP contribution is -1.93. The van der Waals surface area contributed by atoms with Crippen molar-refractivity contribution in [2.45, 2.75) is 13.3 Å². The van der Waals surface area contributed by atoms with Gasteiger partial charge in [0, 0.05) is 11.1 Å². The molecule has 0 heterocycles. The van der Waals surface area contributed by atoms with Crippen LogP contribution in [0.4, 0.5) is 5.69 Å². The zero-order valence-electron chi connectivity index (χ0n) is 10.2. The van der Waals surface area contributed by atoms with Gasteiger partial charge in [0.1, 0.15) is 5.75 Å². The molecule has 0 aliphatic rings. The number of hydrogen-bond donors (Lipinski definition) is 1. The molecule has 0 fully saturated rings. The standard InChI is InChI=1S/C14H12Cl3NO/c1-2-8-5-9(3-4-10(8)15)19-14-7-12(17)11(16)6-13(14)18/h3-7H,2,18H2,1H3. The van der Waals surface area contributed by atoms with Crippen LogP contribution in [0.3, 0.4) is 0 Å². The van der Waals surface area contributed by atoms with Crippen LogP contribution in [0, 0.1) is 0 Å². The summed E-state index contributed by atoms with van der Waals surface area (Å²) in [6.07, 6.45) is 0.826. The van der Waals surface area contributed by atoms with Gasteiger partial charge in [0.05, 0.1) is 15.7 Å². The molecule has 2 nitrogen and oxygen atoms in total. The van der Waals surface area contributed by atoms with Crippen molar-refractivity contribution in [1.29, 1.82) is 0 Å². The van der Waals surface area contributed by atoms with Crippen molar-refractivity contribution >= 4 is 40.5 Å². The van der Waals surface area contributed by atoms with E-state index in [4.69, 9.17) is 45.3 Å². The van der Waals surface area contributed by atoms with E-state index in [1.807, 2.05) is 13.0 Å². The Bertz CT molecular complexity index is 614. The van der Waals surface area contributed by atoms with Crippen molar-refractivity contribution in [2.75, 3.05) is 5.73 Å². The number of nitrogen functional groups attached to an aromatic ring is 1. The van der Waals surface area contributed by atoms with E-state index < -0.39 is 0 Å². The van der Waals surface area contributed by atoms with Crippen LogP contribution >= 0.6 is 34.8 Å². The summed E-state index contributed by atoms with van der Waals surface area (Å²) in [6.45, 7) is 2.03. The monoisotopic (exact) mass is 315 g/mol. The second-order valence-electron chi connectivity index (χ2n) is 4.01. The van der Waals surface area contributed by atoms with Gasteiger partial charge in [0.15, 0.2) is 5.75 Å². The Morgan fingerprint density at radius 1 is 1.00 bits per heavy atom. The normalized spacial score (nSPS) is 10.5. The minimum atomic E-state index is 0.399. The second kappa shape index (κ2) is 5.91. The van der Waals surface area contributed by atoms with Gasteiger partial charge in [-0.1, -0.05) is 41.7 Å². The summed E-state index contributed by atoms with van der Waals surface area (Å²) in [5, 5.41) is 1.52. The fourth-order valence-corrected chi connectivity index (χ4v) is 2.22. The van der Waals surface area contributed by atoms with E-state index in [9.17, 15) is 0 Å². The maximum atomic E-state index is 6.06. The topological polar surface area (TPSA) is 35.2 Å². The molecule has 0 atom stereocenters. The zero-order valence-corrected chi connectivity index (χ0v) is 12.5. The van der Waals surface area contributed by atoms with Gasteiger partial charge in [-0.05, 0) is 36.2 Å². The molecule has 0 saturated carbocycles. The van der Waals surface area contributed by atoms with Crippen molar-refractivity contribution in [1.82, 2.24) is 0 Å². The Hall–Kier alpha value is -1.09. The largest absolute Gasteiger partial charge is 0.455 e. The van der Waals surface area contributed by atoms with Crippen molar-refractivity contribution in [3.8, 4) is 11.5 Å². The highest BCUT2D eigenvalue weighted by Gasteiger charge is 2.08. The number of nitrogens with two attached hydrogens (primary N) is 1. The molecule has 2 rings (SSSR count). The molecule has 0 aromatic heterocycles. The van der Waals surface area contributed by atoms with Crippen LogP contribution in [0.25, 0.3) is 0 Å². The minimum absolute atomic E-state index is 0.399. The third-order valence-electron chi connectivity index (χ3n) is 2.68. The van der Waals surface area contributed by atoms with Crippen molar-refractivity contribution in [3.63, 3.8) is 0 Å². The molecule has 19 heavy (non-hydrogen) atoms. The summed E-state index contributed by atoms with van der Waals surface area (Å²) < 4.78 is 5.72. The van der Waals surface area contributed by atoms with Crippen LogP contribution in [0.15, 0.2) is 30.3 Å². The molecule has 0 aliphatic carbocycles. The van der Waals surface area contributed by atoms with Gasteiger partial charge in [-0.15, -0.1) is 0 Å². The number of ether oxygens (including phenoxy) is 1. The molecule has 0 unspecified atom stereocenters. The van der Waals surface area contributed by atoms with E-state index in [-0.39, 0.29) is 0 Å². The first-order valence-corrected chi connectivity index (χ1v) is 6.85. The fourth-order valence-electron chi connectivity index (χ4n) is 1.64. The van der Waals surface area contributed by atoms with Gasteiger partial charge in [0.25, 0.3) is 0 Å². The first kappa shape index (κ1) is 14.3. The highest BCUT2D eigenvalue weighted by Crippen LogP contribution is 2.35. The molecular formula is C14H12Cl3NO. The highest BCUT2D eigenvalue weighted by atomic mass is 35.5. The van der Waals surface area contributed by atoms with Gasteiger partial charge < -0.3 is 10.5 Å². The predicted molar refractivity (Wildman–Crippen MR) is 81.8 cm³/mol. The fraction of sp³-hybridized carbons (Fsp3) is 0.143. The lowest BCUT2D eigenvalue weighted by molar-refractivity contribution is 0.484. The lowest BCUT2D eigenvalue weighted by atomic mass is 10.1. The number of benzene rings is 2. The van der Waals surface area contributed by atoms with Crippen molar-refractivity contribution in [2.24, 2.45) is 0 Å². The van der Waals surface area contributed by atoms with Gasteiger partial charge in [-0.25, -0.2) is 0 Å². The van der Waals surface area contributed by atoms with Crippen molar-refractivity contribution < 1.29 is 4.74 Å². The summed E-state index contributed by atoms with van der Waals surface area (Å²) in [7, 11) is 0. The third-order valence-corrected chi connectivity index (χ3v) is 3.77. The molecule has 0 saturated heterocycles. The summed E-state index contributed by atoms with van der Waals surface area (Å²) in [5.41, 5.74) is 7.29. The minimum Gasteiger partial charge on any atom is -0.455 e. The van der Waals surface area contributed by atoms with Gasteiger partial charge in [0.2, 0.25) is 0 Å². The maximum absolute atomic E-state index is 6.06. The number of rotatable bonds is 3.